The molecule has 1 atom stereocenters. The molecule has 37 heavy (non-hydrogen) atoms. The number of hydrogen-bond acceptors (Lipinski definition) is 3. The molecular formula is C26H15ClF5N3O2. The Bertz CT molecular complexity index is 1680. The minimum absolute atomic E-state index is 0.0612. The smallest absolute Gasteiger partial charge is 0.355 e. The fourth-order valence-electron chi connectivity index (χ4n) is 4.36. The third-order valence-electron chi connectivity index (χ3n) is 5.98. The standard InChI is InChI=1S/C26H15ClF5N3O2/c1-11(13-6-14(26(30,31)32)9-16(29)7-13)33-19-8-12-2-5-20(36)34-23(12)22-21(19)24(35-25(22)37)17-10-15(28)3-4-18(17)27/h2-10,24,33H,1H2,(H,34,36)(H,35,37). The van der Waals surface area contributed by atoms with Crippen LogP contribution in [0.4, 0.5) is 27.6 Å². The number of pyridine rings is 1. The molecule has 0 saturated heterocycles. The molecule has 1 aliphatic rings. The van der Waals surface area contributed by atoms with Crippen LogP contribution in [0.1, 0.15) is 38.7 Å². The highest BCUT2D eigenvalue weighted by molar-refractivity contribution is 6.31. The van der Waals surface area contributed by atoms with E-state index < -0.39 is 40.9 Å². The number of H-pyrrole nitrogens is 1. The average molecular weight is 532 g/mol. The molecule has 0 spiro atoms. The molecule has 188 valence electrons. The summed E-state index contributed by atoms with van der Waals surface area (Å²) in [4.78, 5) is 27.7. The minimum atomic E-state index is -4.79. The quantitative estimate of drug-likeness (QED) is 0.267. The predicted molar refractivity (Wildman–Crippen MR) is 129 cm³/mol. The number of carbonyl (C=O) groups is 1. The Morgan fingerprint density at radius 2 is 1.73 bits per heavy atom. The van der Waals surface area contributed by atoms with Gasteiger partial charge in [0, 0.05) is 44.6 Å². The summed E-state index contributed by atoms with van der Waals surface area (Å²) in [5, 5.41) is 6.16. The molecule has 0 saturated carbocycles. The first kappa shape index (κ1) is 24.5. The number of carbonyl (C=O) groups excluding carboxylic acids is 1. The second kappa shape index (κ2) is 8.74. The van der Waals surface area contributed by atoms with Gasteiger partial charge in [-0.05, 0) is 48.5 Å². The SMILES string of the molecule is C=C(Nc1cc2ccc(=O)[nH]c2c2c1C(c1cc(F)ccc1Cl)NC2=O)c1cc(F)cc(C(F)(F)F)c1. The van der Waals surface area contributed by atoms with Gasteiger partial charge in [0.05, 0.1) is 22.7 Å². The molecule has 5 rings (SSSR count). The van der Waals surface area contributed by atoms with Crippen molar-refractivity contribution in [1.29, 1.82) is 0 Å². The van der Waals surface area contributed by atoms with Gasteiger partial charge >= 0.3 is 6.18 Å². The second-order valence-electron chi connectivity index (χ2n) is 8.40. The lowest BCUT2D eigenvalue weighted by molar-refractivity contribution is -0.137. The average Bonchev–Trinajstić information content (AvgIpc) is 3.17. The van der Waals surface area contributed by atoms with Crippen LogP contribution >= 0.6 is 11.6 Å². The molecule has 3 N–H and O–H groups in total. The van der Waals surface area contributed by atoms with Crippen molar-refractivity contribution in [2.75, 3.05) is 5.32 Å². The maximum atomic E-state index is 14.1. The number of benzene rings is 3. The summed E-state index contributed by atoms with van der Waals surface area (Å²) in [7, 11) is 0. The van der Waals surface area contributed by atoms with Crippen LogP contribution in [0, 0.1) is 11.6 Å². The second-order valence-corrected chi connectivity index (χ2v) is 8.81. The first-order chi connectivity index (χ1) is 17.4. The maximum Gasteiger partial charge on any atom is 0.416 e. The molecule has 1 aromatic heterocycles. The van der Waals surface area contributed by atoms with E-state index in [9.17, 15) is 31.5 Å². The van der Waals surface area contributed by atoms with Crippen LogP contribution in [0.5, 0.6) is 0 Å². The number of amides is 1. The predicted octanol–water partition coefficient (Wildman–Crippen LogP) is 6.39. The summed E-state index contributed by atoms with van der Waals surface area (Å²) in [5.41, 5.74) is -1.01. The van der Waals surface area contributed by atoms with Gasteiger partial charge in [0.2, 0.25) is 5.56 Å². The molecule has 1 unspecified atom stereocenters. The fourth-order valence-corrected chi connectivity index (χ4v) is 4.59. The molecule has 0 radical (unpaired) electrons. The molecule has 4 aromatic rings. The van der Waals surface area contributed by atoms with Gasteiger partial charge in [0.25, 0.3) is 5.91 Å². The zero-order chi connectivity index (χ0) is 26.6. The molecular weight excluding hydrogens is 517 g/mol. The molecule has 3 aromatic carbocycles. The van der Waals surface area contributed by atoms with Crippen molar-refractivity contribution in [3.8, 4) is 0 Å². The van der Waals surface area contributed by atoms with Crippen molar-refractivity contribution in [2.45, 2.75) is 12.2 Å². The van der Waals surface area contributed by atoms with Gasteiger partial charge in [-0.1, -0.05) is 18.2 Å². The molecule has 0 aliphatic carbocycles. The molecule has 0 bridgehead atoms. The van der Waals surface area contributed by atoms with E-state index in [0.29, 0.717) is 11.5 Å². The molecule has 0 fully saturated rings. The lowest BCUT2D eigenvalue weighted by Crippen LogP contribution is -2.20. The van der Waals surface area contributed by atoms with Crippen molar-refractivity contribution < 1.29 is 26.7 Å². The Hall–Kier alpha value is -4.18. The number of aromatic amines is 1. The third kappa shape index (κ3) is 4.44. The third-order valence-corrected chi connectivity index (χ3v) is 6.32. The van der Waals surface area contributed by atoms with E-state index in [0.717, 1.165) is 24.3 Å². The number of halogens is 6. The summed E-state index contributed by atoms with van der Waals surface area (Å²) < 4.78 is 67.9. The van der Waals surface area contributed by atoms with Gasteiger partial charge in [-0.3, -0.25) is 9.59 Å². The summed E-state index contributed by atoms with van der Waals surface area (Å²) in [6, 6.07) is 8.85. The first-order valence-electron chi connectivity index (χ1n) is 10.7. The highest BCUT2D eigenvalue weighted by atomic mass is 35.5. The van der Waals surface area contributed by atoms with Gasteiger partial charge in [0.15, 0.2) is 0 Å². The number of anilines is 1. The minimum Gasteiger partial charge on any atom is -0.355 e. The van der Waals surface area contributed by atoms with E-state index in [-0.39, 0.29) is 44.2 Å². The molecule has 2 heterocycles. The summed E-state index contributed by atoms with van der Waals surface area (Å²) in [5.74, 6) is -2.32. The fraction of sp³-hybridized carbons (Fsp3) is 0.0769. The summed E-state index contributed by atoms with van der Waals surface area (Å²) >= 11 is 6.30. The van der Waals surface area contributed by atoms with E-state index in [1.165, 1.54) is 18.2 Å². The van der Waals surface area contributed by atoms with Gasteiger partial charge in [0.1, 0.15) is 11.6 Å². The van der Waals surface area contributed by atoms with Crippen LogP contribution in [-0.2, 0) is 6.18 Å². The zero-order valence-corrected chi connectivity index (χ0v) is 19.3. The van der Waals surface area contributed by atoms with Crippen LogP contribution in [0.25, 0.3) is 16.6 Å². The van der Waals surface area contributed by atoms with Crippen LogP contribution in [0.2, 0.25) is 5.02 Å². The first-order valence-corrected chi connectivity index (χ1v) is 11.1. The Labute approximate surface area is 210 Å². The summed E-state index contributed by atoms with van der Waals surface area (Å²) in [6.07, 6.45) is -4.79. The lowest BCUT2D eigenvalue weighted by Gasteiger charge is -2.20. The molecule has 5 nitrogen and oxygen atoms in total. The van der Waals surface area contributed by atoms with E-state index >= 15 is 0 Å². The normalized spacial score (nSPS) is 15.0. The number of fused-ring (bicyclic) bond motifs is 3. The molecule has 1 amide bonds. The number of aromatic nitrogens is 1. The Kier molecular flexibility index (Phi) is 5.79. The van der Waals surface area contributed by atoms with Crippen LogP contribution in [-0.4, -0.2) is 10.9 Å². The van der Waals surface area contributed by atoms with E-state index in [1.54, 1.807) is 6.07 Å². The van der Waals surface area contributed by atoms with Gasteiger partial charge in [-0.25, -0.2) is 8.78 Å². The summed E-state index contributed by atoms with van der Waals surface area (Å²) in [6.45, 7) is 3.76. The number of nitrogens with one attached hydrogen (secondary N) is 3. The van der Waals surface area contributed by atoms with Crippen LogP contribution < -0.4 is 16.2 Å². The van der Waals surface area contributed by atoms with Gasteiger partial charge < -0.3 is 15.6 Å². The number of alkyl halides is 3. The van der Waals surface area contributed by atoms with Crippen LogP contribution in [0.15, 0.2) is 66.0 Å². The van der Waals surface area contributed by atoms with E-state index in [2.05, 4.69) is 22.2 Å². The monoisotopic (exact) mass is 531 g/mol. The van der Waals surface area contributed by atoms with Crippen molar-refractivity contribution in [3.05, 3.63) is 116 Å². The van der Waals surface area contributed by atoms with E-state index in [4.69, 9.17) is 11.6 Å². The largest absolute Gasteiger partial charge is 0.416 e. The van der Waals surface area contributed by atoms with Gasteiger partial charge in [-0.15, -0.1) is 0 Å². The zero-order valence-electron chi connectivity index (χ0n) is 18.6. The highest BCUT2D eigenvalue weighted by Crippen LogP contribution is 2.43. The number of rotatable bonds is 4. The van der Waals surface area contributed by atoms with Crippen molar-refractivity contribution in [3.63, 3.8) is 0 Å². The molecule has 11 heteroatoms. The van der Waals surface area contributed by atoms with Crippen molar-refractivity contribution >= 4 is 39.8 Å². The topological polar surface area (TPSA) is 74.0 Å². The van der Waals surface area contributed by atoms with Crippen molar-refractivity contribution in [2.24, 2.45) is 0 Å². The molecule has 1 aliphatic heterocycles. The maximum absolute atomic E-state index is 14.1. The number of hydrogen-bond donors (Lipinski definition) is 3. The Morgan fingerprint density at radius 3 is 2.46 bits per heavy atom. The Balaban J connectivity index is 1.70. The van der Waals surface area contributed by atoms with Crippen molar-refractivity contribution in [1.82, 2.24) is 10.3 Å². The highest BCUT2D eigenvalue weighted by Gasteiger charge is 2.36. The van der Waals surface area contributed by atoms with E-state index in [1.807, 2.05) is 0 Å². The van der Waals surface area contributed by atoms with Crippen LogP contribution in [0.3, 0.4) is 0 Å². The van der Waals surface area contributed by atoms with Gasteiger partial charge in [-0.2, -0.15) is 13.2 Å². The Morgan fingerprint density at radius 1 is 0.973 bits per heavy atom. The lowest BCUT2D eigenvalue weighted by atomic mass is 9.93.